The molecule has 0 atom stereocenters. The van der Waals surface area contributed by atoms with Gasteiger partial charge < -0.3 is 5.32 Å². The zero-order valence-electron chi connectivity index (χ0n) is 11.8. The molecule has 0 saturated heterocycles. The molecule has 0 heterocycles. The second kappa shape index (κ2) is 6.68. The van der Waals surface area contributed by atoms with Gasteiger partial charge in [-0.05, 0) is 61.9 Å². The standard InChI is InChI=1S/C17H15BrFNO/c1-11-9-15(7-8-16(11)19)20-12(2)10-17(21)13-3-5-14(18)6-4-13/h3-10,20H,1-2H3/b12-10+. The SMILES string of the molecule is C/C(=C\C(=O)c1ccc(Br)cc1)Nc1ccc(F)c(C)c1. The molecule has 0 bridgehead atoms. The first kappa shape index (κ1) is 15.4. The van der Waals surface area contributed by atoms with Crippen molar-refractivity contribution in [2.75, 3.05) is 5.32 Å². The lowest BCUT2D eigenvalue weighted by Crippen LogP contribution is -2.01. The number of carbonyl (C=O) groups is 1. The lowest BCUT2D eigenvalue weighted by atomic mass is 10.1. The number of ketones is 1. The van der Waals surface area contributed by atoms with Crippen LogP contribution in [-0.2, 0) is 0 Å². The summed E-state index contributed by atoms with van der Waals surface area (Å²) in [7, 11) is 0. The second-order valence-corrected chi connectivity index (χ2v) is 5.70. The Kier molecular flexibility index (Phi) is 4.91. The Labute approximate surface area is 131 Å². The number of nitrogens with one attached hydrogen (secondary N) is 1. The summed E-state index contributed by atoms with van der Waals surface area (Å²) in [4.78, 5) is 12.1. The summed E-state index contributed by atoms with van der Waals surface area (Å²) in [6.45, 7) is 3.50. The number of halogens is 2. The van der Waals surface area contributed by atoms with Crippen LogP contribution in [0.3, 0.4) is 0 Å². The van der Waals surface area contributed by atoms with E-state index in [2.05, 4.69) is 21.2 Å². The van der Waals surface area contributed by atoms with Crippen molar-refractivity contribution < 1.29 is 9.18 Å². The van der Waals surface area contributed by atoms with Gasteiger partial charge in [0.25, 0.3) is 0 Å². The second-order valence-electron chi connectivity index (χ2n) is 4.79. The summed E-state index contributed by atoms with van der Waals surface area (Å²) in [6.07, 6.45) is 1.53. The van der Waals surface area contributed by atoms with Crippen molar-refractivity contribution in [3.63, 3.8) is 0 Å². The van der Waals surface area contributed by atoms with Crippen LogP contribution < -0.4 is 5.32 Å². The number of rotatable bonds is 4. The van der Waals surface area contributed by atoms with Crippen molar-refractivity contribution in [1.29, 1.82) is 0 Å². The molecule has 108 valence electrons. The van der Waals surface area contributed by atoms with Gasteiger partial charge in [-0.2, -0.15) is 0 Å². The van der Waals surface area contributed by atoms with E-state index in [1.54, 1.807) is 38.1 Å². The third kappa shape index (κ3) is 4.26. The number of aryl methyl sites for hydroxylation is 1. The van der Waals surface area contributed by atoms with E-state index in [0.29, 0.717) is 16.8 Å². The molecule has 0 aliphatic heterocycles. The zero-order chi connectivity index (χ0) is 15.4. The van der Waals surface area contributed by atoms with Crippen molar-refractivity contribution in [2.45, 2.75) is 13.8 Å². The van der Waals surface area contributed by atoms with Gasteiger partial charge in [-0.1, -0.05) is 15.9 Å². The van der Waals surface area contributed by atoms with Gasteiger partial charge in [0.1, 0.15) is 5.82 Å². The smallest absolute Gasteiger partial charge is 0.187 e. The Hall–Kier alpha value is -1.94. The molecule has 0 unspecified atom stereocenters. The minimum absolute atomic E-state index is 0.0775. The molecule has 21 heavy (non-hydrogen) atoms. The van der Waals surface area contributed by atoms with Gasteiger partial charge in [0.15, 0.2) is 5.78 Å². The number of hydrogen-bond donors (Lipinski definition) is 1. The molecule has 2 aromatic rings. The highest BCUT2D eigenvalue weighted by atomic mass is 79.9. The molecule has 0 aliphatic rings. The van der Waals surface area contributed by atoms with Crippen molar-refractivity contribution in [2.24, 2.45) is 0 Å². The highest BCUT2D eigenvalue weighted by Gasteiger charge is 2.04. The molecule has 4 heteroatoms. The molecule has 0 fully saturated rings. The lowest BCUT2D eigenvalue weighted by Gasteiger charge is -2.08. The van der Waals surface area contributed by atoms with E-state index >= 15 is 0 Å². The van der Waals surface area contributed by atoms with Crippen LogP contribution in [0.5, 0.6) is 0 Å². The number of benzene rings is 2. The average Bonchev–Trinajstić information content (AvgIpc) is 2.43. The molecule has 0 aromatic heterocycles. The Bertz CT molecular complexity index is 692. The topological polar surface area (TPSA) is 29.1 Å². The van der Waals surface area contributed by atoms with Gasteiger partial charge >= 0.3 is 0 Å². The number of carbonyl (C=O) groups excluding carboxylic acids is 1. The molecule has 2 aromatic carbocycles. The summed E-state index contributed by atoms with van der Waals surface area (Å²) < 4.78 is 14.1. The van der Waals surface area contributed by atoms with E-state index in [4.69, 9.17) is 0 Å². The minimum Gasteiger partial charge on any atom is -0.359 e. The van der Waals surface area contributed by atoms with Gasteiger partial charge in [-0.25, -0.2) is 4.39 Å². The Morgan fingerprint density at radius 2 is 1.86 bits per heavy atom. The van der Waals surface area contributed by atoms with E-state index in [1.807, 2.05) is 12.1 Å². The van der Waals surface area contributed by atoms with E-state index in [1.165, 1.54) is 12.1 Å². The summed E-state index contributed by atoms with van der Waals surface area (Å²) in [5.41, 5.74) is 2.64. The third-order valence-corrected chi connectivity index (χ3v) is 3.50. The monoisotopic (exact) mass is 347 g/mol. The molecule has 2 nitrogen and oxygen atoms in total. The molecule has 0 spiro atoms. The van der Waals surface area contributed by atoms with E-state index < -0.39 is 0 Å². The number of anilines is 1. The molecule has 0 aliphatic carbocycles. The van der Waals surface area contributed by atoms with Crippen LogP contribution in [0.2, 0.25) is 0 Å². The van der Waals surface area contributed by atoms with Gasteiger partial charge in [0.05, 0.1) is 0 Å². The van der Waals surface area contributed by atoms with E-state index in [0.717, 1.165) is 10.2 Å². The summed E-state index contributed by atoms with van der Waals surface area (Å²) in [5.74, 6) is -0.320. The van der Waals surface area contributed by atoms with E-state index in [-0.39, 0.29) is 11.6 Å². The van der Waals surface area contributed by atoms with Crippen molar-refractivity contribution in [1.82, 2.24) is 0 Å². The average molecular weight is 348 g/mol. The minimum atomic E-state index is -0.242. The van der Waals surface area contributed by atoms with Crippen LogP contribution in [0.25, 0.3) is 0 Å². The third-order valence-electron chi connectivity index (χ3n) is 2.98. The van der Waals surface area contributed by atoms with Crippen LogP contribution in [0.4, 0.5) is 10.1 Å². The first-order valence-electron chi connectivity index (χ1n) is 6.47. The van der Waals surface area contributed by atoms with Crippen LogP contribution in [0.1, 0.15) is 22.8 Å². The van der Waals surface area contributed by atoms with Crippen LogP contribution in [-0.4, -0.2) is 5.78 Å². The van der Waals surface area contributed by atoms with Crippen LogP contribution in [0.15, 0.2) is 58.7 Å². The lowest BCUT2D eigenvalue weighted by molar-refractivity contribution is 0.104. The van der Waals surface area contributed by atoms with Gasteiger partial charge in [-0.3, -0.25) is 4.79 Å². The predicted octanol–water partition coefficient (Wildman–Crippen LogP) is 5.10. The van der Waals surface area contributed by atoms with E-state index in [9.17, 15) is 9.18 Å². The fraction of sp³-hybridized carbons (Fsp3) is 0.118. The quantitative estimate of drug-likeness (QED) is 0.616. The Balaban J connectivity index is 2.11. The normalized spacial score (nSPS) is 11.3. The zero-order valence-corrected chi connectivity index (χ0v) is 13.4. The summed E-state index contributed by atoms with van der Waals surface area (Å²) in [6, 6.07) is 11.9. The van der Waals surface area contributed by atoms with Crippen molar-refractivity contribution >= 4 is 27.4 Å². The van der Waals surface area contributed by atoms with Gasteiger partial charge in [-0.15, -0.1) is 0 Å². The molecular weight excluding hydrogens is 333 g/mol. The molecule has 1 N–H and O–H groups in total. The number of allylic oxidation sites excluding steroid dienone is 2. The maximum atomic E-state index is 13.2. The summed E-state index contributed by atoms with van der Waals surface area (Å²) >= 11 is 3.33. The van der Waals surface area contributed by atoms with Gasteiger partial charge in [0.2, 0.25) is 0 Å². The first-order valence-corrected chi connectivity index (χ1v) is 7.26. The first-order chi connectivity index (χ1) is 9.95. The van der Waals surface area contributed by atoms with Crippen molar-refractivity contribution in [3.8, 4) is 0 Å². The fourth-order valence-corrected chi connectivity index (χ4v) is 2.14. The largest absolute Gasteiger partial charge is 0.359 e. The highest BCUT2D eigenvalue weighted by molar-refractivity contribution is 9.10. The molecule has 0 amide bonds. The molecule has 0 saturated carbocycles. The van der Waals surface area contributed by atoms with Crippen molar-refractivity contribution in [3.05, 3.63) is 75.7 Å². The fourth-order valence-electron chi connectivity index (χ4n) is 1.88. The maximum absolute atomic E-state index is 13.2. The summed E-state index contributed by atoms with van der Waals surface area (Å²) in [5, 5.41) is 3.09. The molecule has 2 rings (SSSR count). The molecular formula is C17H15BrFNO. The number of hydrogen-bond acceptors (Lipinski definition) is 2. The molecule has 0 radical (unpaired) electrons. The Morgan fingerprint density at radius 3 is 2.48 bits per heavy atom. The van der Waals surface area contributed by atoms with Crippen LogP contribution >= 0.6 is 15.9 Å². The van der Waals surface area contributed by atoms with Gasteiger partial charge in [0, 0.05) is 27.5 Å². The maximum Gasteiger partial charge on any atom is 0.187 e. The van der Waals surface area contributed by atoms with Crippen LogP contribution in [0, 0.1) is 12.7 Å². The highest BCUT2D eigenvalue weighted by Crippen LogP contribution is 2.16. The predicted molar refractivity (Wildman–Crippen MR) is 87.0 cm³/mol. The Morgan fingerprint density at radius 1 is 1.19 bits per heavy atom.